The van der Waals surface area contributed by atoms with Crippen molar-refractivity contribution in [2.45, 2.75) is 0 Å². The van der Waals surface area contributed by atoms with Gasteiger partial charge in [-0.05, 0) is 29.4 Å². The molecule has 0 amide bonds. The molecule has 0 aliphatic rings. The predicted octanol–water partition coefficient (Wildman–Crippen LogP) is 3.11. The summed E-state index contributed by atoms with van der Waals surface area (Å²) in [4.78, 5) is 10.2. The van der Waals surface area contributed by atoms with Gasteiger partial charge in [0.05, 0.1) is 5.56 Å². The van der Waals surface area contributed by atoms with Crippen LogP contribution in [0.5, 0.6) is 0 Å². The van der Waals surface area contributed by atoms with E-state index in [-0.39, 0.29) is 5.55 Å². The monoisotopic (exact) mass is 283 g/mol. The van der Waals surface area contributed by atoms with Gasteiger partial charge in [-0.25, -0.2) is 4.79 Å². The molecule has 2 aromatic carbocycles. The fourth-order valence-electron chi connectivity index (χ4n) is 1.65. The van der Waals surface area contributed by atoms with Gasteiger partial charge in [0.2, 0.25) is 0 Å². The van der Waals surface area contributed by atoms with E-state index in [0.717, 1.165) is 5.39 Å². The Morgan fingerprint density at radius 2 is 1.57 bits per heavy atom. The standard InChI is InChI=1S/C9H7NO2.C7H6O2/c11-10-9-6-5-7-3-1-2-4-8(7)12-9;8-7(9)6-4-2-1-3-5-6/h1-6,11H;1-5H,(H,8,9). The van der Waals surface area contributed by atoms with E-state index in [4.69, 9.17) is 14.7 Å². The van der Waals surface area contributed by atoms with Crippen LogP contribution in [0.4, 0.5) is 0 Å². The van der Waals surface area contributed by atoms with E-state index in [9.17, 15) is 4.79 Å². The molecule has 5 nitrogen and oxygen atoms in total. The lowest BCUT2D eigenvalue weighted by atomic mass is 10.2. The minimum Gasteiger partial charge on any atom is -0.478 e. The highest BCUT2D eigenvalue weighted by molar-refractivity contribution is 5.87. The average molecular weight is 283 g/mol. The SMILES string of the molecule is O=C(O)c1ccccc1.ON=c1ccc2ccccc2o1. The molecular formula is C16H13NO4. The maximum absolute atomic E-state index is 10.2. The summed E-state index contributed by atoms with van der Waals surface area (Å²) in [6.45, 7) is 0. The number of carboxylic acids is 1. The number of hydrogen-bond donors (Lipinski definition) is 2. The topological polar surface area (TPSA) is 83.0 Å². The Morgan fingerprint density at radius 3 is 2.19 bits per heavy atom. The summed E-state index contributed by atoms with van der Waals surface area (Å²) in [7, 11) is 0. The quantitative estimate of drug-likeness (QED) is 0.531. The highest BCUT2D eigenvalue weighted by Gasteiger charge is 1.96. The Labute approximate surface area is 120 Å². The Kier molecular flexibility index (Phi) is 4.71. The Balaban J connectivity index is 0.000000161. The highest BCUT2D eigenvalue weighted by atomic mass is 16.5. The van der Waals surface area contributed by atoms with Crippen LogP contribution < -0.4 is 5.55 Å². The molecule has 0 spiro atoms. The van der Waals surface area contributed by atoms with Crippen molar-refractivity contribution in [2.75, 3.05) is 0 Å². The van der Waals surface area contributed by atoms with Gasteiger partial charge < -0.3 is 14.7 Å². The molecule has 1 heterocycles. The molecule has 0 bridgehead atoms. The molecule has 0 aliphatic carbocycles. The van der Waals surface area contributed by atoms with Gasteiger partial charge in [-0.15, -0.1) is 0 Å². The first-order valence-electron chi connectivity index (χ1n) is 6.16. The molecule has 0 saturated heterocycles. The number of aromatic carboxylic acids is 1. The Bertz CT molecular complexity index is 794. The molecule has 1 aromatic heterocycles. The summed E-state index contributed by atoms with van der Waals surface area (Å²) in [5.74, 6) is -0.879. The zero-order valence-corrected chi connectivity index (χ0v) is 11.0. The number of carbonyl (C=O) groups is 1. The van der Waals surface area contributed by atoms with Crippen molar-refractivity contribution in [3.05, 3.63) is 77.8 Å². The van der Waals surface area contributed by atoms with Gasteiger partial charge in [-0.2, -0.15) is 0 Å². The van der Waals surface area contributed by atoms with Crippen LogP contribution in [0.2, 0.25) is 0 Å². The minimum absolute atomic E-state index is 0.216. The number of fused-ring (bicyclic) bond motifs is 1. The van der Waals surface area contributed by atoms with E-state index in [0.29, 0.717) is 11.1 Å². The van der Waals surface area contributed by atoms with Crippen LogP contribution in [0.15, 0.2) is 76.3 Å². The third-order valence-corrected chi connectivity index (χ3v) is 2.66. The third kappa shape index (κ3) is 3.94. The van der Waals surface area contributed by atoms with Gasteiger partial charge in [0.25, 0.3) is 5.55 Å². The van der Waals surface area contributed by atoms with E-state index in [1.54, 1.807) is 36.4 Å². The van der Waals surface area contributed by atoms with Crippen molar-refractivity contribution in [3.8, 4) is 0 Å². The highest BCUT2D eigenvalue weighted by Crippen LogP contribution is 2.09. The van der Waals surface area contributed by atoms with Gasteiger partial charge >= 0.3 is 5.97 Å². The second kappa shape index (κ2) is 6.91. The lowest BCUT2D eigenvalue weighted by molar-refractivity contribution is 0.0697. The van der Waals surface area contributed by atoms with E-state index in [1.165, 1.54) is 0 Å². The molecule has 0 radical (unpaired) electrons. The molecule has 0 aliphatic heterocycles. The van der Waals surface area contributed by atoms with Crippen LogP contribution in [0.25, 0.3) is 11.0 Å². The zero-order chi connectivity index (χ0) is 15.1. The summed E-state index contributed by atoms with van der Waals surface area (Å²) in [5.41, 5.74) is 1.26. The minimum atomic E-state index is -0.879. The van der Waals surface area contributed by atoms with E-state index in [2.05, 4.69) is 5.16 Å². The largest absolute Gasteiger partial charge is 0.478 e. The van der Waals surface area contributed by atoms with Gasteiger partial charge in [0.15, 0.2) is 0 Å². The number of benzene rings is 2. The van der Waals surface area contributed by atoms with E-state index < -0.39 is 5.97 Å². The first-order chi connectivity index (χ1) is 10.2. The second-order valence-electron chi connectivity index (χ2n) is 4.08. The maximum atomic E-state index is 10.2. The van der Waals surface area contributed by atoms with Crippen LogP contribution in [0.3, 0.4) is 0 Å². The molecule has 3 aromatic rings. The average Bonchev–Trinajstić information content (AvgIpc) is 2.55. The van der Waals surface area contributed by atoms with Crippen molar-refractivity contribution in [1.29, 1.82) is 0 Å². The fourth-order valence-corrected chi connectivity index (χ4v) is 1.65. The molecule has 0 saturated carbocycles. The molecule has 106 valence electrons. The first-order valence-corrected chi connectivity index (χ1v) is 6.16. The molecule has 3 rings (SSSR count). The first kappa shape index (κ1) is 14.3. The number of rotatable bonds is 1. The summed E-state index contributed by atoms with van der Waals surface area (Å²) in [6, 6.07) is 19.3. The van der Waals surface area contributed by atoms with Crippen molar-refractivity contribution in [1.82, 2.24) is 0 Å². The Morgan fingerprint density at radius 1 is 0.905 bits per heavy atom. The Hall–Kier alpha value is -3.08. The summed E-state index contributed by atoms with van der Waals surface area (Å²) < 4.78 is 5.19. The van der Waals surface area contributed by atoms with E-state index in [1.807, 2.05) is 30.3 Å². The number of para-hydroxylation sites is 1. The van der Waals surface area contributed by atoms with Gasteiger partial charge in [-0.1, -0.05) is 36.4 Å². The molecule has 5 heteroatoms. The van der Waals surface area contributed by atoms with Crippen LogP contribution >= 0.6 is 0 Å². The lowest BCUT2D eigenvalue weighted by Gasteiger charge is -1.93. The predicted molar refractivity (Wildman–Crippen MR) is 77.0 cm³/mol. The normalized spacial score (nSPS) is 10.8. The van der Waals surface area contributed by atoms with Crippen molar-refractivity contribution < 1.29 is 19.5 Å². The molecular weight excluding hydrogens is 270 g/mol. The number of carboxylic acid groups (broad SMARTS) is 1. The smallest absolute Gasteiger partial charge is 0.335 e. The second-order valence-corrected chi connectivity index (χ2v) is 4.08. The van der Waals surface area contributed by atoms with Gasteiger partial charge in [0, 0.05) is 11.5 Å². The van der Waals surface area contributed by atoms with Crippen LogP contribution in [0, 0.1) is 0 Å². The van der Waals surface area contributed by atoms with Crippen molar-refractivity contribution in [3.63, 3.8) is 0 Å². The van der Waals surface area contributed by atoms with E-state index >= 15 is 0 Å². The number of nitrogens with zero attached hydrogens (tertiary/aromatic N) is 1. The van der Waals surface area contributed by atoms with Crippen molar-refractivity contribution >= 4 is 16.9 Å². The zero-order valence-electron chi connectivity index (χ0n) is 11.0. The van der Waals surface area contributed by atoms with Gasteiger partial charge in [-0.3, -0.25) is 0 Å². The molecule has 0 unspecified atom stereocenters. The summed E-state index contributed by atoms with van der Waals surface area (Å²) >= 11 is 0. The van der Waals surface area contributed by atoms with Crippen LogP contribution in [-0.4, -0.2) is 16.3 Å². The van der Waals surface area contributed by atoms with Gasteiger partial charge in [0.1, 0.15) is 5.58 Å². The summed E-state index contributed by atoms with van der Waals surface area (Å²) in [5, 5.41) is 20.8. The number of hydrogen-bond acceptors (Lipinski definition) is 4. The molecule has 0 atom stereocenters. The molecule has 2 N–H and O–H groups in total. The van der Waals surface area contributed by atoms with Crippen LogP contribution in [0.1, 0.15) is 10.4 Å². The fraction of sp³-hybridized carbons (Fsp3) is 0. The van der Waals surface area contributed by atoms with Crippen molar-refractivity contribution in [2.24, 2.45) is 5.16 Å². The molecule has 21 heavy (non-hydrogen) atoms. The van der Waals surface area contributed by atoms with Crippen LogP contribution in [-0.2, 0) is 0 Å². The summed E-state index contributed by atoms with van der Waals surface area (Å²) in [6.07, 6.45) is 0. The molecule has 0 fully saturated rings. The lowest BCUT2D eigenvalue weighted by Crippen LogP contribution is -1.97. The maximum Gasteiger partial charge on any atom is 0.335 e. The third-order valence-electron chi connectivity index (χ3n) is 2.66.